The molecule has 2 rings (SSSR count). The highest BCUT2D eigenvalue weighted by atomic mass is 16.5. The van der Waals surface area contributed by atoms with Crippen LogP contribution in [-0.2, 0) is 6.54 Å². The molecule has 1 fully saturated rings. The van der Waals surface area contributed by atoms with E-state index in [-0.39, 0.29) is 0 Å². The summed E-state index contributed by atoms with van der Waals surface area (Å²) in [5, 5.41) is 6.69. The van der Waals surface area contributed by atoms with E-state index in [4.69, 9.17) is 9.47 Å². The molecule has 2 N–H and O–H groups in total. The number of hydrogen-bond donors (Lipinski definition) is 2. The van der Waals surface area contributed by atoms with Crippen molar-refractivity contribution in [2.75, 3.05) is 20.7 Å². The maximum Gasteiger partial charge on any atom is 0.191 e. The molecule has 5 nitrogen and oxygen atoms in total. The van der Waals surface area contributed by atoms with Crippen LogP contribution in [0.15, 0.2) is 23.2 Å². The van der Waals surface area contributed by atoms with Crippen LogP contribution in [0.2, 0.25) is 0 Å². The van der Waals surface area contributed by atoms with Crippen molar-refractivity contribution in [3.63, 3.8) is 0 Å². The van der Waals surface area contributed by atoms with Crippen LogP contribution in [0.4, 0.5) is 0 Å². The number of ether oxygens (including phenoxy) is 2. The van der Waals surface area contributed by atoms with Gasteiger partial charge in [-0.15, -0.1) is 0 Å². The molecule has 134 valence electrons. The van der Waals surface area contributed by atoms with Gasteiger partial charge in [-0.25, -0.2) is 0 Å². The molecule has 0 spiro atoms. The molecule has 0 saturated heterocycles. The molecule has 1 aromatic carbocycles. The number of aliphatic imine (C=N–C) groups is 1. The van der Waals surface area contributed by atoms with Crippen molar-refractivity contribution in [3.05, 3.63) is 23.8 Å². The van der Waals surface area contributed by atoms with Gasteiger partial charge in [0.2, 0.25) is 0 Å². The zero-order valence-electron chi connectivity index (χ0n) is 15.4. The minimum absolute atomic E-state index is 0.328. The number of nitrogens with zero attached hydrogens (tertiary/aromatic N) is 1. The smallest absolute Gasteiger partial charge is 0.191 e. The summed E-state index contributed by atoms with van der Waals surface area (Å²) in [6.45, 7) is 5.92. The van der Waals surface area contributed by atoms with E-state index in [1.54, 1.807) is 14.2 Å². The topological polar surface area (TPSA) is 54.9 Å². The van der Waals surface area contributed by atoms with Gasteiger partial charge in [-0.05, 0) is 43.7 Å². The average molecular weight is 333 g/mol. The molecule has 5 heteroatoms. The van der Waals surface area contributed by atoms with Gasteiger partial charge in [0.25, 0.3) is 0 Å². The Morgan fingerprint density at radius 2 is 2.00 bits per heavy atom. The summed E-state index contributed by atoms with van der Waals surface area (Å²) in [6, 6.07) is 6.02. The standard InChI is InChI=1S/C19H31N3O2/c1-14(2)12-21-19(20-3)22-13-15-9-10-17(23-4)11-18(15)24-16-7-5-6-8-16/h9-11,14,16H,5-8,12-13H2,1-4H3,(H2,20,21,22). The van der Waals surface area contributed by atoms with Crippen molar-refractivity contribution in [3.8, 4) is 11.5 Å². The summed E-state index contributed by atoms with van der Waals surface area (Å²) in [7, 11) is 3.48. The minimum Gasteiger partial charge on any atom is -0.497 e. The summed E-state index contributed by atoms with van der Waals surface area (Å²) < 4.78 is 11.6. The predicted molar refractivity (Wildman–Crippen MR) is 98.9 cm³/mol. The second kappa shape index (κ2) is 9.40. The summed E-state index contributed by atoms with van der Waals surface area (Å²) in [5.41, 5.74) is 1.12. The van der Waals surface area contributed by atoms with E-state index in [0.29, 0.717) is 18.6 Å². The molecule has 0 radical (unpaired) electrons. The summed E-state index contributed by atoms with van der Waals surface area (Å²) in [6.07, 6.45) is 5.12. The van der Waals surface area contributed by atoms with Crippen LogP contribution in [0, 0.1) is 5.92 Å². The lowest BCUT2D eigenvalue weighted by Crippen LogP contribution is -2.38. The van der Waals surface area contributed by atoms with Gasteiger partial charge in [-0.3, -0.25) is 4.99 Å². The Morgan fingerprint density at radius 1 is 1.25 bits per heavy atom. The van der Waals surface area contributed by atoms with Gasteiger partial charge in [-0.2, -0.15) is 0 Å². The van der Waals surface area contributed by atoms with Crippen LogP contribution >= 0.6 is 0 Å². The Bertz CT molecular complexity index is 537. The SMILES string of the molecule is CN=C(NCc1ccc(OC)cc1OC1CCCC1)NCC(C)C. The van der Waals surface area contributed by atoms with Gasteiger partial charge in [0, 0.05) is 31.8 Å². The predicted octanol–water partition coefficient (Wildman–Crippen LogP) is 3.34. The van der Waals surface area contributed by atoms with Gasteiger partial charge in [0.05, 0.1) is 13.2 Å². The molecule has 24 heavy (non-hydrogen) atoms. The third-order valence-corrected chi connectivity index (χ3v) is 4.22. The van der Waals surface area contributed by atoms with E-state index in [1.807, 2.05) is 12.1 Å². The first-order chi connectivity index (χ1) is 11.6. The molecule has 0 heterocycles. The van der Waals surface area contributed by atoms with Crippen LogP contribution < -0.4 is 20.1 Å². The molecule has 1 saturated carbocycles. The van der Waals surface area contributed by atoms with Crippen LogP contribution in [0.1, 0.15) is 45.1 Å². The van der Waals surface area contributed by atoms with Crippen LogP contribution in [0.25, 0.3) is 0 Å². The zero-order valence-corrected chi connectivity index (χ0v) is 15.4. The fourth-order valence-electron chi connectivity index (χ4n) is 2.80. The molecule has 1 aliphatic carbocycles. The number of nitrogens with one attached hydrogen (secondary N) is 2. The van der Waals surface area contributed by atoms with Crippen molar-refractivity contribution < 1.29 is 9.47 Å². The lowest BCUT2D eigenvalue weighted by Gasteiger charge is -2.19. The molecule has 0 amide bonds. The van der Waals surface area contributed by atoms with Gasteiger partial charge >= 0.3 is 0 Å². The largest absolute Gasteiger partial charge is 0.497 e. The number of hydrogen-bond acceptors (Lipinski definition) is 3. The minimum atomic E-state index is 0.328. The highest BCUT2D eigenvalue weighted by Crippen LogP contribution is 2.29. The molecule has 0 aliphatic heterocycles. The van der Waals surface area contributed by atoms with E-state index in [1.165, 1.54) is 12.8 Å². The second-order valence-electron chi connectivity index (χ2n) is 6.70. The maximum absolute atomic E-state index is 6.23. The third-order valence-electron chi connectivity index (χ3n) is 4.22. The Hall–Kier alpha value is -1.91. The first kappa shape index (κ1) is 18.4. The monoisotopic (exact) mass is 333 g/mol. The van der Waals surface area contributed by atoms with Gasteiger partial charge in [0.15, 0.2) is 5.96 Å². The van der Waals surface area contributed by atoms with Gasteiger partial charge < -0.3 is 20.1 Å². The lowest BCUT2D eigenvalue weighted by molar-refractivity contribution is 0.207. The van der Waals surface area contributed by atoms with E-state index in [2.05, 4.69) is 35.5 Å². The number of rotatable bonds is 7. The molecule has 0 unspecified atom stereocenters. The normalized spacial score (nSPS) is 15.6. The number of guanidine groups is 1. The number of methoxy groups -OCH3 is 1. The van der Waals surface area contributed by atoms with E-state index >= 15 is 0 Å². The molecule has 1 aromatic rings. The Morgan fingerprint density at radius 3 is 2.62 bits per heavy atom. The Labute approximate surface area is 145 Å². The molecule has 0 atom stereocenters. The second-order valence-corrected chi connectivity index (χ2v) is 6.70. The molecule has 0 aromatic heterocycles. The zero-order chi connectivity index (χ0) is 17.4. The fraction of sp³-hybridized carbons (Fsp3) is 0.632. The molecule has 0 bridgehead atoms. The van der Waals surface area contributed by atoms with E-state index < -0.39 is 0 Å². The summed E-state index contributed by atoms with van der Waals surface area (Å²) >= 11 is 0. The van der Waals surface area contributed by atoms with Crippen molar-refractivity contribution in [1.82, 2.24) is 10.6 Å². The highest BCUT2D eigenvalue weighted by molar-refractivity contribution is 5.79. The van der Waals surface area contributed by atoms with Crippen molar-refractivity contribution >= 4 is 5.96 Å². The van der Waals surface area contributed by atoms with Crippen molar-refractivity contribution in [2.45, 2.75) is 52.2 Å². The van der Waals surface area contributed by atoms with Gasteiger partial charge in [0.1, 0.15) is 11.5 Å². The molecular weight excluding hydrogens is 302 g/mol. The quantitative estimate of drug-likeness (QED) is 0.593. The average Bonchev–Trinajstić information content (AvgIpc) is 3.08. The Kier molecular flexibility index (Phi) is 7.22. The third kappa shape index (κ3) is 5.62. The maximum atomic E-state index is 6.23. The van der Waals surface area contributed by atoms with Crippen molar-refractivity contribution in [2.24, 2.45) is 10.9 Å². The van der Waals surface area contributed by atoms with E-state index in [9.17, 15) is 0 Å². The first-order valence-electron chi connectivity index (χ1n) is 8.90. The number of benzene rings is 1. The Balaban J connectivity index is 2.01. The summed E-state index contributed by atoms with van der Waals surface area (Å²) in [4.78, 5) is 4.27. The van der Waals surface area contributed by atoms with E-state index in [0.717, 1.165) is 42.4 Å². The molecular formula is C19H31N3O2. The first-order valence-corrected chi connectivity index (χ1v) is 8.90. The highest BCUT2D eigenvalue weighted by Gasteiger charge is 2.18. The van der Waals surface area contributed by atoms with Crippen LogP contribution in [0.3, 0.4) is 0 Å². The van der Waals surface area contributed by atoms with Crippen molar-refractivity contribution in [1.29, 1.82) is 0 Å². The summed E-state index contributed by atoms with van der Waals surface area (Å²) in [5.74, 6) is 3.12. The van der Waals surface area contributed by atoms with Crippen LogP contribution in [0.5, 0.6) is 11.5 Å². The molecule has 1 aliphatic rings. The van der Waals surface area contributed by atoms with Gasteiger partial charge in [-0.1, -0.05) is 13.8 Å². The lowest BCUT2D eigenvalue weighted by atomic mass is 10.1. The van der Waals surface area contributed by atoms with Crippen LogP contribution in [-0.4, -0.2) is 32.8 Å². The fourth-order valence-corrected chi connectivity index (χ4v) is 2.80.